The van der Waals surface area contributed by atoms with Crippen LogP contribution in [0.25, 0.3) is 0 Å². The van der Waals surface area contributed by atoms with Crippen LogP contribution in [0.15, 0.2) is 24.3 Å². The fourth-order valence-corrected chi connectivity index (χ4v) is 2.79. The fraction of sp³-hybridized carbons (Fsp3) is 0.500. The maximum absolute atomic E-state index is 11.8. The topological polar surface area (TPSA) is 75.6 Å². The summed E-state index contributed by atoms with van der Waals surface area (Å²) in [5.74, 6) is -0.958. The van der Waals surface area contributed by atoms with Crippen LogP contribution in [0, 0.1) is 5.92 Å². The number of benzene rings is 1. The first-order valence-corrected chi connectivity index (χ1v) is 7.21. The molecule has 0 saturated heterocycles. The number of alkyl carbamates (subject to hydrolysis) is 1. The van der Waals surface area contributed by atoms with Crippen LogP contribution in [0.5, 0.6) is 0 Å². The Morgan fingerprint density at radius 2 is 1.90 bits per heavy atom. The number of aliphatic carboxylic acids is 1. The van der Waals surface area contributed by atoms with Crippen molar-refractivity contribution in [3.8, 4) is 0 Å². The highest BCUT2D eigenvalue weighted by molar-refractivity contribution is 5.69. The number of carbonyl (C=O) groups is 2. The second-order valence-corrected chi connectivity index (χ2v) is 5.74. The van der Waals surface area contributed by atoms with E-state index in [1.165, 1.54) is 5.56 Å². The minimum atomic E-state index is -0.844. The number of fused-ring (bicyclic) bond motifs is 1. The summed E-state index contributed by atoms with van der Waals surface area (Å²) < 4.78 is 5.10. The number of rotatable bonds is 4. The van der Waals surface area contributed by atoms with Gasteiger partial charge in [-0.2, -0.15) is 0 Å². The quantitative estimate of drug-likeness (QED) is 0.893. The third-order valence-electron chi connectivity index (χ3n) is 3.69. The van der Waals surface area contributed by atoms with E-state index in [1.807, 2.05) is 24.3 Å². The van der Waals surface area contributed by atoms with E-state index in [4.69, 9.17) is 9.84 Å². The molecular weight excluding hydrogens is 270 g/mol. The number of nitrogens with one attached hydrogen (secondary N) is 1. The molecule has 1 aromatic carbocycles. The van der Waals surface area contributed by atoms with Crippen molar-refractivity contribution in [2.75, 3.05) is 0 Å². The minimum absolute atomic E-state index is 0.0426. The van der Waals surface area contributed by atoms with Crippen LogP contribution < -0.4 is 5.32 Å². The largest absolute Gasteiger partial charge is 0.481 e. The first-order valence-electron chi connectivity index (χ1n) is 7.21. The first-order chi connectivity index (χ1) is 9.95. The molecule has 1 aliphatic rings. The van der Waals surface area contributed by atoms with Crippen molar-refractivity contribution in [1.82, 2.24) is 5.32 Å². The van der Waals surface area contributed by atoms with E-state index >= 15 is 0 Å². The molecule has 5 heteroatoms. The summed E-state index contributed by atoms with van der Waals surface area (Å²) in [4.78, 5) is 22.8. The number of carboxylic acid groups (broad SMARTS) is 1. The number of amides is 1. The smallest absolute Gasteiger partial charge is 0.407 e. The molecule has 2 rings (SSSR count). The predicted molar refractivity (Wildman–Crippen MR) is 78.1 cm³/mol. The van der Waals surface area contributed by atoms with Crippen molar-refractivity contribution in [1.29, 1.82) is 0 Å². The number of hydrogen-bond donors (Lipinski definition) is 2. The van der Waals surface area contributed by atoms with Gasteiger partial charge >= 0.3 is 12.1 Å². The molecule has 1 aliphatic carbocycles. The molecule has 2 N–H and O–H groups in total. The van der Waals surface area contributed by atoms with Gasteiger partial charge in [-0.3, -0.25) is 4.79 Å². The Balaban J connectivity index is 2.12. The van der Waals surface area contributed by atoms with Crippen LogP contribution >= 0.6 is 0 Å². The lowest BCUT2D eigenvalue weighted by molar-refractivity contribution is -0.138. The highest BCUT2D eigenvalue weighted by Gasteiger charge is 2.31. The molecule has 0 bridgehead atoms. The van der Waals surface area contributed by atoms with Gasteiger partial charge in [-0.1, -0.05) is 24.3 Å². The summed E-state index contributed by atoms with van der Waals surface area (Å²) in [5, 5.41) is 11.9. The van der Waals surface area contributed by atoms with Crippen molar-refractivity contribution in [3.05, 3.63) is 35.4 Å². The van der Waals surface area contributed by atoms with Crippen molar-refractivity contribution in [3.63, 3.8) is 0 Å². The summed E-state index contributed by atoms with van der Waals surface area (Å²) in [6, 6.07) is 7.75. The van der Waals surface area contributed by atoms with E-state index in [-0.39, 0.29) is 24.5 Å². The van der Waals surface area contributed by atoms with Crippen LogP contribution in [0.3, 0.4) is 0 Å². The lowest BCUT2D eigenvalue weighted by Gasteiger charge is -2.32. The average Bonchev–Trinajstić information content (AvgIpc) is 2.37. The van der Waals surface area contributed by atoms with Crippen molar-refractivity contribution in [2.24, 2.45) is 5.92 Å². The van der Waals surface area contributed by atoms with Gasteiger partial charge in [0.05, 0.1) is 12.5 Å². The third kappa shape index (κ3) is 4.21. The minimum Gasteiger partial charge on any atom is -0.481 e. The monoisotopic (exact) mass is 291 g/mol. The fourth-order valence-electron chi connectivity index (χ4n) is 2.79. The molecule has 2 atom stereocenters. The van der Waals surface area contributed by atoms with Crippen LogP contribution in [-0.2, 0) is 22.4 Å². The molecule has 0 aromatic heterocycles. The molecule has 21 heavy (non-hydrogen) atoms. The third-order valence-corrected chi connectivity index (χ3v) is 3.69. The number of hydrogen-bond acceptors (Lipinski definition) is 3. The van der Waals surface area contributed by atoms with E-state index in [9.17, 15) is 9.59 Å². The molecule has 0 spiro atoms. The van der Waals surface area contributed by atoms with Gasteiger partial charge in [-0.05, 0) is 43.7 Å². The molecular formula is C16H21NO4. The van der Waals surface area contributed by atoms with Gasteiger partial charge < -0.3 is 15.2 Å². The molecule has 0 heterocycles. The van der Waals surface area contributed by atoms with Crippen molar-refractivity contribution >= 4 is 12.1 Å². The number of ether oxygens (including phenoxy) is 1. The normalized spacial score (nSPS) is 20.7. The molecule has 0 fully saturated rings. The molecule has 0 saturated carbocycles. The zero-order chi connectivity index (χ0) is 15.4. The predicted octanol–water partition coefficient (Wildman–Crippen LogP) is 2.38. The lowest BCUT2D eigenvalue weighted by atomic mass is 9.78. The zero-order valence-electron chi connectivity index (χ0n) is 12.3. The highest BCUT2D eigenvalue weighted by Crippen LogP contribution is 2.28. The van der Waals surface area contributed by atoms with Gasteiger partial charge in [-0.25, -0.2) is 4.79 Å². The van der Waals surface area contributed by atoms with Crippen molar-refractivity contribution < 1.29 is 19.4 Å². The van der Waals surface area contributed by atoms with Crippen LogP contribution in [0.4, 0.5) is 4.79 Å². The summed E-state index contributed by atoms with van der Waals surface area (Å²) in [6.45, 7) is 3.56. The first kappa shape index (κ1) is 15.4. The van der Waals surface area contributed by atoms with Gasteiger partial charge in [0, 0.05) is 6.04 Å². The zero-order valence-corrected chi connectivity index (χ0v) is 12.3. The highest BCUT2D eigenvalue weighted by atomic mass is 16.6. The van der Waals surface area contributed by atoms with Crippen LogP contribution in [-0.4, -0.2) is 29.3 Å². The van der Waals surface area contributed by atoms with E-state index < -0.39 is 12.1 Å². The molecule has 5 nitrogen and oxygen atoms in total. The molecule has 0 aliphatic heterocycles. The number of carbonyl (C=O) groups excluding carboxylic acids is 1. The Labute approximate surface area is 124 Å². The van der Waals surface area contributed by atoms with Crippen LogP contribution in [0.2, 0.25) is 0 Å². The molecule has 2 unspecified atom stereocenters. The van der Waals surface area contributed by atoms with E-state index in [2.05, 4.69) is 5.32 Å². The maximum atomic E-state index is 11.8. The summed E-state index contributed by atoms with van der Waals surface area (Å²) in [6.07, 6.45) is 0.667. The Morgan fingerprint density at radius 1 is 1.29 bits per heavy atom. The van der Waals surface area contributed by atoms with E-state index in [0.29, 0.717) is 12.8 Å². The SMILES string of the molecule is CC(C)OC(=O)NC1Cc2ccccc2CC1CC(=O)O. The molecule has 1 aromatic rings. The van der Waals surface area contributed by atoms with Gasteiger partial charge in [-0.15, -0.1) is 0 Å². The summed E-state index contributed by atoms with van der Waals surface area (Å²) in [7, 11) is 0. The van der Waals surface area contributed by atoms with E-state index in [0.717, 1.165) is 5.56 Å². The Morgan fingerprint density at radius 3 is 2.48 bits per heavy atom. The lowest BCUT2D eigenvalue weighted by Crippen LogP contribution is -2.46. The second-order valence-electron chi connectivity index (χ2n) is 5.74. The second kappa shape index (κ2) is 6.61. The molecule has 1 amide bonds. The van der Waals surface area contributed by atoms with Gasteiger partial charge in [0.1, 0.15) is 0 Å². The Kier molecular flexibility index (Phi) is 4.83. The standard InChI is InChI=1S/C16H21NO4/c1-10(2)21-16(20)17-14-8-12-6-4-3-5-11(12)7-13(14)9-15(18)19/h3-6,10,13-14H,7-9H2,1-2H3,(H,17,20)(H,18,19). The van der Waals surface area contributed by atoms with Crippen molar-refractivity contribution in [2.45, 2.75) is 45.3 Å². The number of carboxylic acids is 1. The maximum Gasteiger partial charge on any atom is 0.407 e. The Bertz CT molecular complexity index is 527. The van der Waals surface area contributed by atoms with Gasteiger partial charge in [0.2, 0.25) is 0 Å². The summed E-state index contributed by atoms with van der Waals surface area (Å²) >= 11 is 0. The van der Waals surface area contributed by atoms with Crippen LogP contribution in [0.1, 0.15) is 31.4 Å². The molecule has 114 valence electrons. The van der Waals surface area contributed by atoms with Gasteiger partial charge in [0.15, 0.2) is 0 Å². The van der Waals surface area contributed by atoms with Gasteiger partial charge in [0.25, 0.3) is 0 Å². The molecule has 0 radical (unpaired) electrons. The van der Waals surface area contributed by atoms with E-state index in [1.54, 1.807) is 13.8 Å². The summed E-state index contributed by atoms with van der Waals surface area (Å²) in [5.41, 5.74) is 2.33. The average molecular weight is 291 g/mol. The Hall–Kier alpha value is -2.04.